The van der Waals surface area contributed by atoms with Crippen LogP contribution in [0.3, 0.4) is 0 Å². The molecule has 6 heteroatoms. The van der Waals surface area contributed by atoms with Gasteiger partial charge in [0.2, 0.25) is 11.8 Å². The van der Waals surface area contributed by atoms with Gasteiger partial charge in [-0.3, -0.25) is 14.4 Å². The van der Waals surface area contributed by atoms with Crippen molar-refractivity contribution < 1.29 is 19.1 Å². The average molecular weight is 248 g/mol. The van der Waals surface area contributed by atoms with E-state index in [2.05, 4.69) is 5.32 Å². The van der Waals surface area contributed by atoms with Crippen molar-refractivity contribution in [2.75, 3.05) is 5.32 Å². The third-order valence-electron chi connectivity index (χ3n) is 1.78. The Kier molecular flexibility index (Phi) is 4.62. The second-order valence-electron chi connectivity index (χ2n) is 3.34. The quantitative estimate of drug-likeness (QED) is 0.463. The Morgan fingerprint density at radius 3 is 2.28 bits per heavy atom. The zero-order valence-corrected chi connectivity index (χ0v) is 9.67. The zero-order valence-electron chi connectivity index (χ0n) is 9.67. The monoisotopic (exact) mass is 248 g/mol. The first-order valence-corrected chi connectivity index (χ1v) is 5.04. The summed E-state index contributed by atoms with van der Waals surface area (Å²) in [4.78, 5) is 32.4. The van der Waals surface area contributed by atoms with E-state index < -0.39 is 17.8 Å². The molecule has 0 aromatic heterocycles. The van der Waals surface area contributed by atoms with Crippen molar-refractivity contribution in [2.45, 2.75) is 6.92 Å². The van der Waals surface area contributed by atoms with Gasteiger partial charge in [0, 0.05) is 24.8 Å². The molecule has 0 fully saturated rings. The van der Waals surface area contributed by atoms with E-state index in [4.69, 9.17) is 10.5 Å². The number of hydrogen-bond donors (Lipinski definition) is 2. The highest BCUT2D eigenvalue weighted by atomic mass is 16.5. The lowest BCUT2D eigenvalue weighted by molar-refractivity contribution is -0.131. The van der Waals surface area contributed by atoms with Crippen molar-refractivity contribution in [1.82, 2.24) is 0 Å². The lowest BCUT2D eigenvalue weighted by Gasteiger charge is -2.04. The molecule has 0 unspecified atom stereocenters. The van der Waals surface area contributed by atoms with Crippen molar-refractivity contribution in [3.63, 3.8) is 0 Å². The fourth-order valence-corrected chi connectivity index (χ4v) is 1.11. The molecule has 0 spiro atoms. The number of primary amides is 1. The first-order valence-electron chi connectivity index (χ1n) is 5.04. The molecular formula is C12H12N2O4. The number of rotatable bonds is 4. The molecule has 0 saturated carbocycles. The van der Waals surface area contributed by atoms with E-state index in [-0.39, 0.29) is 0 Å². The van der Waals surface area contributed by atoms with Crippen LogP contribution in [0.15, 0.2) is 36.4 Å². The molecule has 0 aliphatic carbocycles. The van der Waals surface area contributed by atoms with E-state index in [0.717, 1.165) is 12.2 Å². The van der Waals surface area contributed by atoms with Crippen molar-refractivity contribution in [1.29, 1.82) is 0 Å². The van der Waals surface area contributed by atoms with E-state index >= 15 is 0 Å². The highest BCUT2D eigenvalue weighted by molar-refractivity contribution is 6.03. The third-order valence-corrected chi connectivity index (χ3v) is 1.78. The molecule has 1 aromatic carbocycles. The highest BCUT2D eigenvalue weighted by Gasteiger charge is 2.00. The summed E-state index contributed by atoms with van der Waals surface area (Å²) in [7, 11) is 0. The van der Waals surface area contributed by atoms with Crippen molar-refractivity contribution in [2.24, 2.45) is 5.73 Å². The number of carbonyl (C=O) groups excluding carboxylic acids is 3. The average Bonchev–Trinajstić information content (AvgIpc) is 2.28. The summed E-state index contributed by atoms with van der Waals surface area (Å²) < 4.78 is 4.83. The SMILES string of the molecule is CC(=O)Oc1ccc(NC(=O)/C=C/C(N)=O)cc1. The molecule has 94 valence electrons. The Hall–Kier alpha value is -2.63. The van der Waals surface area contributed by atoms with Crippen molar-refractivity contribution in [3.05, 3.63) is 36.4 Å². The summed E-state index contributed by atoms with van der Waals surface area (Å²) >= 11 is 0. The minimum absolute atomic E-state index is 0.383. The lowest BCUT2D eigenvalue weighted by atomic mass is 10.3. The Morgan fingerprint density at radius 1 is 1.17 bits per heavy atom. The van der Waals surface area contributed by atoms with E-state index in [1.54, 1.807) is 12.1 Å². The first-order chi connectivity index (χ1) is 8.47. The predicted octanol–water partition coefficient (Wildman–Crippen LogP) is 0.592. The van der Waals surface area contributed by atoms with Gasteiger partial charge in [-0.15, -0.1) is 0 Å². The molecular weight excluding hydrogens is 236 g/mol. The summed E-state index contributed by atoms with van der Waals surface area (Å²) in [5.74, 6) is -1.21. The Morgan fingerprint density at radius 2 is 1.78 bits per heavy atom. The maximum atomic E-state index is 11.3. The summed E-state index contributed by atoms with van der Waals surface area (Å²) in [6.45, 7) is 1.30. The minimum Gasteiger partial charge on any atom is -0.427 e. The maximum absolute atomic E-state index is 11.3. The molecule has 0 heterocycles. The zero-order chi connectivity index (χ0) is 13.5. The molecule has 2 amide bonds. The summed E-state index contributed by atoms with van der Waals surface area (Å²) in [6, 6.07) is 6.20. The third kappa shape index (κ3) is 4.93. The molecule has 0 atom stereocenters. The topological polar surface area (TPSA) is 98.5 Å². The number of esters is 1. The van der Waals surface area contributed by atoms with E-state index in [9.17, 15) is 14.4 Å². The first kappa shape index (κ1) is 13.4. The maximum Gasteiger partial charge on any atom is 0.308 e. The number of amides is 2. The fourth-order valence-electron chi connectivity index (χ4n) is 1.11. The van der Waals surface area contributed by atoms with Gasteiger partial charge in [0.25, 0.3) is 0 Å². The number of hydrogen-bond acceptors (Lipinski definition) is 4. The summed E-state index contributed by atoms with van der Waals surface area (Å²) in [6.07, 6.45) is 1.99. The molecule has 6 nitrogen and oxygen atoms in total. The van der Waals surface area contributed by atoms with Gasteiger partial charge >= 0.3 is 5.97 Å². The summed E-state index contributed by atoms with van der Waals surface area (Å²) in [5, 5.41) is 2.50. The number of ether oxygens (including phenoxy) is 1. The van der Waals surface area contributed by atoms with Gasteiger partial charge in [-0.1, -0.05) is 0 Å². The number of nitrogens with one attached hydrogen (secondary N) is 1. The van der Waals surface area contributed by atoms with E-state index in [0.29, 0.717) is 11.4 Å². The van der Waals surface area contributed by atoms with Crippen molar-refractivity contribution >= 4 is 23.5 Å². The number of benzene rings is 1. The van der Waals surface area contributed by atoms with E-state index in [1.165, 1.54) is 19.1 Å². The molecule has 0 radical (unpaired) electrons. The van der Waals surface area contributed by atoms with E-state index in [1.807, 2.05) is 0 Å². The Balaban J connectivity index is 2.61. The predicted molar refractivity (Wildman–Crippen MR) is 64.7 cm³/mol. The van der Waals surface area contributed by atoms with Crippen LogP contribution in [0.5, 0.6) is 5.75 Å². The molecule has 1 aromatic rings. The van der Waals surface area contributed by atoms with Gasteiger partial charge < -0.3 is 15.8 Å². The number of carbonyl (C=O) groups is 3. The number of nitrogens with two attached hydrogens (primary N) is 1. The Bertz CT molecular complexity index is 491. The molecule has 0 aliphatic heterocycles. The lowest BCUT2D eigenvalue weighted by Crippen LogP contribution is -2.11. The van der Waals surface area contributed by atoms with Crippen LogP contribution in [-0.2, 0) is 14.4 Å². The van der Waals surface area contributed by atoms with Crippen LogP contribution in [0.1, 0.15) is 6.92 Å². The van der Waals surface area contributed by atoms with Gasteiger partial charge in [0.15, 0.2) is 0 Å². The number of anilines is 1. The molecule has 0 bridgehead atoms. The molecule has 18 heavy (non-hydrogen) atoms. The van der Waals surface area contributed by atoms with Gasteiger partial charge in [0.1, 0.15) is 5.75 Å². The van der Waals surface area contributed by atoms with Crippen LogP contribution >= 0.6 is 0 Å². The van der Waals surface area contributed by atoms with Crippen LogP contribution in [0.2, 0.25) is 0 Å². The molecule has 1 rings (SSSR count). The van der Waals surface area contributed by atoms with Gasteiger partial charge in [-0.2, -0.15) is 0 Å². The van der Waals surface area contributed by atoms with Gasteiger partial charge in [-0.25, -0.2) is 0 Å². The smallest absolute Gasteiger partial charge is 0.308 e. The minimum atomic E-state index is -0.699. The van der Waals surface area contributed by atoms with Gasteiger partial charge in [-0.05, 0) is 24.3 Å². The standard InChI is InChI=1S/C12H12N2O4/c1-8(15)18-10-4-2-9(3-5-10)14-12(17)7-6-11(13)16/h2-7H,1H3,(H2,13,16)(H,14,17)/b7-6+. The highest BCUT2D eigenvalue weighted by Crippen LogP contribution is 2.15. The molecule has 0 saturated heterocycles. The van der Waals surface area contributed by atoms with Crippen molar-refractivity contribution in [3.8, 4) is 5.75 Å². The van der Waals surface area contributed by atoms with Crippen LogP contribution in [-0.4, -0.2) is 17.8 Å². The van der Waals surface area contributed by atoms with Crippen LogP contribution < -0.4 is 15.8 Å². The second kappa shape index (κ2) is 6.19. The Labute approximate surface area is 103 Å². The van der Waals surface area contributed by atoms with Crippen LogP contribution in [0.4, 0.5) is 5.69 Å². The second-order valence-corrected chi connectivity index (χ2v) is 3.34. The van der Waals surface area contributed by atoms with Crippen LogP contribution in [0.25, 0.3) is 0 Å². The normalized spacial score (nSPS) is 10.1. The molecule has 0 aliphatic rings. The van der Waals surface area contributed by atoms with Crippen LogP contribution in [0, 0.1) is 0 Å². The van der Waals surface area contributed by atoms with Gasteiger partial charge in [0.05, 0.1) is 0 Å². The summed E-state index contributed by atoms with van der Waals surface area (Å²) in [5.41, 5.74) is 5.35. The molecule has 3 N–H and O–H groups in total. The fraction of sp³-hybridized carbons (Fsp3) is 0.0833. The largest absolute Gasteiger partial charge is 0.427 e.